The van der Waals surface area contributed by atoms with Gasteiger partial charge in [0, 0.05) is 17.1 Å². The van der Waals surface area contributed by atoms with E-state index in [2.05, 4.69) is 326 Å². The molecule has 0 aliphatic heterocycles. The first-order valence-electron chi connectivity index (χ1n) is 27.0. The Kier molecular flexibility index (Phi) is 11.8. The van der Waals surface area contributed by atoms with Gasteiger partial charge in [-0.05, 0) is 172 Å². The summed E-state index contributed by atoms with van der Waals surface area (Å²) in [5, 5.41) is 2.51. The molecule has 13 aromatic rings. The summed E-state index contributed by atoms with van der Waals surface area (Å²) in [5.74, 6) is 0. The number of hydrogen-bond acceptors (Lipinski definition) is 1. The molecule has 1 nitrogen and oxygen atoms in total. The van der Waals surface area contributed by atoms with Crippen LogP contribution in [-0.2, 0) is 5.41 Å². The minimum Gasteiger partial charge on any atom is -0.310 e. The molecule has 1 aliphatic rings. The Balaban J connectivity index is 0.842. The van der Waals surface area contributed by atoms with Crippen molar-refractivity contribution in [2.45, 2.75) is 5.41 Å². The molecule has 13 aromatic carbocycles. The molecule has 0 atom stereocenters. The SMILES string of the molecule is c1ccc(-c2cc(-c3ccccc3)cc(N(c3ccc(-c4ccc(-c5cccc(-c6ccc7ccccc7c6)c5)cc4)cc3)c3ccc(-c4ccc5c(c4)C(c4ccccc4)(c4ccccc4)c4ccccc4-5)cc3)c2)cc1. The van der Waals surface area contributed by atoms with Crippen molar-refractivity contribution >= 4 is 27.8 Å². The fourth-order valence-corrected chi connectivity index (χ4v) is 12.1. The van der Waals surface area contributed by atoms with Gasteiger partial charge in [-0.3, -0.25) is 0 Å². The summed E-state index contributed by atoms with van der Waals surface area (Å²) >= 11 is 0. The molecule has 0 N–H and O–H groups in total. The lowest BCUT2D eigenvalue weighted by atomic mass is 9.67. The van der Waals surface area contributed by atoms with Gasteiger partial charge in [0.05, 0.1) is 5.41 Å². The van der Waals surface area contributed by atoms with Gasteiger partial charge in [0.15, 0.2) is 0 Å². The maximum absolute atomic E-state index is 2.45. The van der Waals surface area contributed by atoms with Crippen LogP contribution < -0.4 is 4.90 Å². The van der Waals surface area contributed by atoms with Crippen molar-refractivity contribution in [2.24, 2.45) is 0 Å². The molecule has 14 rings (SSSR count). The highest BCUT2D eigenvalue weighted by Crippen LogP contribution is 2.57. The summed E-state index contributed by atoms with van der Waals surface area (Å²) in [6.07, 6.45) is 0. The van der Waals surface area contributed by atoms with E-state index < -0.39 is 5.41 Å². The molecule has 366 valence electrons. The lowest BCUT2D eigenvalue weighted by Gasteiger charge is -2.34. The van der Waals surface area contributed by atoms with Gasteiger partial charge < -0.3 is 4.90 Å². The van der Waals surface area contributed by atoms with Crippen LogP contribution in [0.4, 0.5) is 17.1 Å². The number of anilines is 3. The molecule has 0 unspecified atom stereocenters. The molecule has 0 heterocycles. The maximum atomic E-state index is 2.45. The Morgan fingerprint density at radius 2 is 0.564 bits per heavy atom. The fourth-order valence-electron chi connectivity index (χ4n) is 12.1. The normalized spacial score (nSPS) is 12.2. The fraction of sp³-hybridized carbons (Fsp3) is 0.0130. The van der Waals surface area contributed by atoms with E-state index in [1.807, 2.05) is 0 Å². The average molecular weight is 992 g/mol. The van der Waals surface area contributed by atoms with Crippen LogP contribution in [-0.4, -0.2) is 0 Å². The van der Waals surface area contributed by atoms with E-state index in [0.29, 0.717) is 0 Å². The molecule has 1 aliphatic carbocycles. The van der Waals surface area contributed by atoms with Crippen LogP contribution in [0.2, 0.25) is 0 Å². The molecule has 0 saturated heterocycles. The van der Waals surface area contributed by atoms with Gasteiger partial charge >= 0.3 is 0 Å². The van der Waals surface area contributed by atoms with E-state index in [4.69, 9.17) is 0 Å². The predicted octanol–water partition coefficient (Wildman–Crippen LogP) is 20.7. The standard InChI is InChI=1S/C77H53N/c1-5-18-54(19-6-1)66-50-67(55-20-7-2-8-21-55)52-72(51-66)78(70-43-38-58(39-44-70)57-32-34-59(35-33-57)62-24-17-25-63(48-62)64-37-36-56-22-13-14-23-61(56)49-64)71-45-40-60(41-46-71)65-42-47-74-73-30-15-16-31-75(73)77(76(74)53-65,68-26-9-3-10-27-68)69-28-11-4-12-29-69/h1-53H. The van der Waals surface area contributed by atoms with E-state index in [0.717, 1.165) is 39.3 Å². The van der Waals surface area contributed by atoms with Gasteiger partial charge in [-0.25, -0.2) is 0 Å². The summed E-state index contributed by atoms with van der Waals surface area (Å²) in [7, 11) is 0. The minimum atomic E-state index is -0.472. The average Bonchev–Trinajstić information content (AvgIpc) is 3.97. The summed E-state index contributed by atoms with van der Waals surface area (Å²) in [4.78, 5) is 2.41. The molecule has 78 heavy (non-hydrogen) atoms. The summed E-state index contributed by atoms with van der Waals surface area (Å²) in [5.41, 5.74) is 24.6. The predicted molar refractivity (Wildman–Crippen MR) is 329 cm³/mol. The summed E-state index contributed by atoms with van der Waals surface area (Å²) < 4.78 is 0. The van der Waals surface area contributed by atoms with E-state index in [-0.39, 0.29) is 0 Å². The zero-order valence-corrected chi connectivity index (χ0v) is 43.0. The van der Waals surface area contributed by atoms with Gasteiger partial charge in [0.2, 0.25) is 0 Å². The number of rotatable bonds is 11. The third-order valence-electron chi connectivity index (χ3n) is 15.9. The lowest BCUT2D eigenvalue weighted by Crippen LogP contribution is -2.28. The van der Waals surface area contributed by atoms with Gasteiger partial charge in [0.25, 0.3) is 0 Å². The Bertz CT molecular complexity index is 4160. The summed E-state index contributed by atoms with van der Waals surface area (Å²) in [6, 6.07) is 118. The van der Waals surface area contributed by atoms with Crippen molar-refractivity contribution in [3.8, 4) is 77.9 Å². The minimum absolute atomic E-state index is 0.472. The lowest BCUT2D eigenvalue weighted by molar-refractivity contribution is 0.769. The quantitative estimate of drug-likeness (QED) is 0.125. The molecule has 0 fully saturated rings. The van der Waals surface area contributed by atoms with Crippen LogP contribution in [0.25, 0.3) is 88.7 Å². The van der Waals surface area contributed by atoms with Crippen molar-refractivity contribution in [2.75, 3.05) is 4.90 Å². The van der Waals surface area contributed by atoms with Crippen molar-refractivity contribution in [3.63, 3.8) is 0 Å². The molecule has 0 radical (unpaired) electrons. The largest absolute Gasteiger partial charge is 0.310 e. The number of hydrogen-bond donors (Lipinski definition) is 0. The highest BCUT2D eigenvalue weighted by atomic mass is 15.1. The smallest absolute Gasteiger partial charge is 0.0713 e. The first kappa shape index (κ1) is 46.5. The third-order valence-corrected chi connectivity index (χ3v) is 15.9. The van der Waals surface area contributed by atoms with Crippen LogP contribution in [0.5, 0.6) is 0 Å². The van der Waals surface area contributed by atoms with Crippen molar-refractivity contribution < 1.29 is 0 Å². The molecular formula is C77H53N. The Morgan fingerprint density at radius 1 is 0.192 bits per heavy atom. The number of nitrogens with zero attached hydrogens (tertiary/aromatic N) is 1. The van der Waals surface area contributed by atoms with Crippen LogP contribution in [0.1, 0.15) is 22.3 Å². The van der Waals surface area contributed by atoms with Crippen LogP contribution in [0, 0.1) is 0 Å². The van der Waals surface area contributed by atoms with E-state index in [9.17, 15) is 0 Å². The Morgan fingerprint density at radius 3 is 1.14 bits per heavy atom. The van der Waals surface area contributed by atoms with Crippen molar-refractivity contribution in [3.05, 3.63) is 344 Å². The van der Waals surface area contributed by atoms with Crippen molar-refractivity contribution in [1.29, 1.82) is 0 Å². The second kappa shape index (κ2) is 19.9. The van der Waals surface area contributed by atoms with E-state index >= 15 is 0 Å². The van der Waals surface area contributed by atoms with Gasteiger partial charge in [-0.15, -0.1) is 0 Å². The monoisotopic (exact) mass is 991 g/mol. The molecular weight excluding hydrogens is 939 g/mol. The molecule has 0 bridgehead atoms. The zero-order chi connectivity index (χ0) is 51.8. The highest BCUT2D eigenvalue weighted by Gasteiger charge is 2.46. The number of fused-ring (bicyclic) bond motifs is 4. The molecule has 1 heteroatoms. The highest BCUT2D eigenvalue weighted by molar-refractivity contribution is 5.91. The van der Waals surface area contributed by atoms with E-state index in [1.54, 1.807) is 0 Å². The van der Waals surface area contributed by atoms with Gasteiger partial charge in [0.1, 0.15) is 0 Å². The zero-order valence-electron chi connectivity index (χ0n) is 43.0. The van der Waals surface area contributed by atoms with Crippen molar-refractivity contribution in [1.82, 2.24) is 0 Å². The first-order valence-corrected chi connectivity index (χ1v) is 27.0. The molecule has 0 spiro atoms. The Labute approximate surface area is 457 Å². The Hall–Kier alpha value is -10.1. The van der Waals surface area contributed by atoms with Crippen LogP contribution in [0.15, 0.2) is 322 Å². The molecule has 0 saturated carbocycles. The molecule has 0 aromatic heterocycles. The van der Waals surface area contributed by atoms with Gasteiger partial charge in [-0.2, -0.15) is 0 Å². The second-order valence-electron chi connectivity index (χ2n) is 20.4. The van der Waals surface area contributed by atoms with Crippen LogP contribution in [0.3, 0.4) is 0 Å². The first-order chi connectivity index (χ1) is 38.6. The second-order valence-corrected chi connectivity index (χ2v) is 20.4. The van der Waals surface area contributed by atoms with Crippen LogP contribution >= 0.6 is 0 Å². The third kappa shape index (κ3) is 8.39. The van der Waals surface area contributed by atoms with Gasteiger partial charge in [-0.1, -0.05) is 261 Å². The van der Waals surface area contributed by atoms with E-state index in [1.165, 1.54) is 88.7 Å². The summed E-state index contributed by atoms with van der Waals surface area (Å²) in [6.45, 7) is 0. The molecule has 0 amide bonds. The number of benzene rings is 13. The topological polar surface area (TPSA) is 3.24 Å². The maximum Gasteiger partial charge on any atom is 0.0713 e.